The van der Waals surface area contributed by atoms with E-state index in [2.05, 4.69) is 27.0 Å². The number of nitrogens with zero attached hydrogens (tertiary/aromatic N) is 3. The molecule has 1 aliphatic heterocycles. The average Bonchev–Trinajstić information content (AvgIpc) is 2.62. The molecule has 2 heterocycles. The van der Waals surface area contributed by atoms with Crippen LogP contribution >= 0.6 is 0 Å². The second kappa shape index (κ2) is 8.11. The lowest BCUT2D eigenvalue weighted by atomic mass is 9.98. The standard InChI is InChI=1S/C19H25N3O2/c1-15-10-20-19(21-11-15)24-14-17-6-4-8-22(13-17)12-16-5-3-7-18(9-16)23-2/h3,5,7,9-11,17H,4,6,8,12-14H2,1-2H3. The number of aryl methyl sites for hydroxylation is 1. The molecule has 0 aliphatic carbocycles. The quantitative estimate of drug-likeness (QED) is 0.816. The Labute approximate surface area is 143 Å². The first-order valence-electron chi connectivity index (χ1n) is 8.49. The number of rotatable bonds is 6. The van der Waals surface area contributed by atoms with Crippen molar-refractivity contribution in [3.05, 3.63) is 47.8 Å². The summed E-state index contributed by atoms with van der Waals surface area (Å²) in [6.45, 7) is 5.78. The number of hydrogen-bond donors (Lipinski definition) is 0. The van der Waals surface area contributed by atoms with Crippen LogP contribution in [0.4, 0.5) is 0 Å². The maximum absolute atomic E-state index is 5.77. The third-order valence-electron chi connectivity index (χ3n) is 4.35. The van der Waals surface area contributed by atoms with Gasteiger partial charge in [0.15, 0.2) is 0 Å². The van der Waals surface area contributed by atoms with Gasteiger partial charge in [0.2, 0.25) is 0 Å². The van der Waals surface area contributed by atoms with E-state index in [1.165, 1.54) is 18.4 Å². The van der Waals surface area contributed by atoms with Gasteiger partial charge in [-0.25, -0.2) is 9.97 Å². The molecule has 1 aromatic heterocycles. The first-order valence-corrected chi connectivity index (χ1v) is 8.49. The molecule has 3 rings (SSSR count). The minimum atomic E-state index is 0.477. The van der Waals surface area contributed by atoms with Gasteiger partial charge >= 0.3 is 6.01 Å². The van der Waals surface area contributed by atoms with E-state index >= 15 is 0 Å². The number of benzene rings is 1. The maximum Gasteiger partial charge on any atom is 0.316 e. The number of piperidine rings is 1. The zero-order chi connectivity index (χ0) is 16.8. The molecule has 128 valence electrons. The molecule has 1 unspecified atom stereocenters. The largest absolute Gasteiger partial charge is 0.497 e. The summed E-state index contributed by atoms with van der Waals surface area (Å²) in [6.07, 6.45) is 5.98. The van der Waals surface area contributed by atoms with Crippen molar-refractivity contribution >= 4 is 0 Å². The fourth-order valence-corrected chi connectivity index (χ4v) is 3.11. The molecule has 0 saturated carbocycles. The predicted molar refractivity (Wildman–Crippen MR) is 93.3 cm³/mol. The molecule has 0 amide bonds. The normalized spacial score (nSPS) is 18.3. The highest BCUT2D eigenvalue weighted by Crippen LogP contribution is 2.21. The maximum atomic E-state index is 5.77. The fourth-order valence-electron chi connectivity index (χ4n) is 3.11. The summed E-state index contributed by atoms with van der Waals surface area (Å²) in [4.78, 5) is 10.9. The predicted octanol–water partition coefficient (Wildman–Crippen LogP) is 3.08. The van der Waals surface area contributed by atoms with Gasteiger partial charge in [-0.15, -0.1) is 0 Å². The summed E-state index contributed by atoms with van der Waals surface area (Å²) in [7, 11) is 1.71. The number of methoxy groups -OCH3 is 1. The van der Waals surface area contributed by atoms with E-state index in [-0.39, 0.29) is 0 Å². The van der Waals surface area contributed by atoms with Gasteiger partial charge in [0.05, 0.1) is 13.7 Å². The molecule has 0 spiro atoms. The van der Waals surface area contributed by atoms with Crippen LogP contribution in [0.2, 0.25) is 0 Å². The molecule has 24 heavy (non-hydrogen) atoms. The summed E-state index contributed by atoms with van der Waals surface area (Å²) in [5.41, 5.74) is 2.34. The molecule has 5 nitrogen and oxygen atoms in total. The van der Waals surface area contributed by atoms with Crippen LogP contribution in [0.5, 0.6) is 11.8 Å². The minimum absolute atomic E-state index is 0.477. The molecule has 1 fully saturated rings. The highest BCUT2D eigenvalue weighted by Gasteiger charge is 2.21. The van der Waals surface area contributed by atoms with Gasteiger partial charge in [0.25, 0.3) is 0 Å². The van der Waals surface area contributed by atoms with Crippen molar-refractivity contribution in [3.8, 4) is 11.8 Å². The van der Waals surface area contributed by atoms with Crippen molar-refractivity contribution < 1.29 is 9.47 Å². The number of aromatic nitrogens is 2. The van der Waals surface area contributed by atoms with Crippen LogP contribution < -0.4 is 9.47 Å². The smallest absolute Gasteiger partial charge is 0.316 e. The van der Waals surface area contributed by atoms with Crippen molar-refractivity contribution in [2.24, 2.45) is 5.92 Å². The van der Waals surface area contributed by atoms with Crippen molar-refractivity contribution in [3.63, 3.8) is 0 Å². The van der Waals surface area contributed by atoms with E-state index in [1.807, 2.05) is 19.1 Å². The molecule has 1 aliphatic rings. The van der Waals surface area contributed by atoms with Crippen LogP contribution in [0.25, 0.3) is 0 Å². The summed E-state index contributed by atoms with van der Waals surface area (Å²) in [5.74, 6) is 1.44. The SMILES string of the molecule is COc1cccc(CN2CCCC(COc3ncc(C)cn3)C2)c1. The van der Waals surface area contributed by atoms with Crippen LogP contribution in [0.15, 0.2) is 36.7 Å². The Morgan fingerprint density at radius 1 is 1.25 bits per heavy atom. The van der Waals surface area contributed by atoms with E-state index in [0.29, 0.717) is 18.5 Å². The van der Waals surface area contributed by atoms with Crippen LogP contribution in [-0.4, -0.2) is 41.7 Å². The molecule has 2 aromatic rings. The number of ether oxygens (including phenoxy) is 2. The third kappa shape index (κ3) is 4.68. The number of likely N-dealkylation sites (tertiary alicyclic amines) is 1. The molecule has 0 N–H and O–H groups in total. The lowest BCUT2D eigenvalue weighted by Gasteiger charge is -2.32. The van der Waals surface area contributed by atoms with E-state index in [9.17, 15) is 0 Å². The van der Waals surface area contributed by atoms with Crippen molar-refractivity contribution in [1.29, 1.82) is 0 Å². The van der Waals surface area contributed by atoms with Crippen LogP contribution in [0.3, 0.4) is 0 Å². The van der Waals surface area contributed by atoms with E-state index in [1.54, 1.807) is 19.5 Å². The Morgan fingerprint density at radius 2 is 2.08 bits per heavy atom. The van der Waals surface area contributed by atoms with Crippen molar-refractivity contribution in [2.45, 2.75) is 26.3 Å². The Kier molecular flexibility index (Phi) is 5.64. The molecule has 1 aromatic carbocycles. The van der Waals surface area contributed by atoms with Gasteiger partial charge < -0.3 is 9.47 Å². The Balaban J connectivity index is 1.51. The zero-order valence-electron chi connectivity index (χ0n) is 14.4. The topological polar surface area (TPSA) is 47.5 Å². The summed E-state index contributed by atoms with van der Waals surface area (Å²) >= 11 is 0. The van der Waals surface area contributed by atoms with Gasteiger partial charge in [0, 0.05) is 31.4 Å². The molecule has 1 saturated heterocycles. The zero-order valence-corrected chi connectivity index (χ0v) is 14.4. The second-order valence-electron chi connectivity index (χ2n) is 6.45. The van der Waals surface area contributed by atoms with Gasteiger partial charge in [0.1, 0.15) is 5.75 Å². The van der Waals surface area contributed by atoms with Gasteiger partial charge in [-0.3, -0.25) is 4.90 Å². The van der Waals surface area contributed by atoms with Crippen LogP contribution in [0.1, 0.15) is 24.0 Å². The van der Waals surface area contributed by atoms with Crippen LogP contribution in [-0.2, 0) is 6.54 Å². The Bertz CT molecular complexity index is 645. The summed E-state index contributed by atoms with van der Waals surface area (Å²) in [5, 5.41) is 0. The van der Waals surface area contributed by atoms with Crippen molar-refractivity contribution in [2.75, 3.05) is 26.8 Å². The first-order chi connectivity index (χ1) is 11.7. The fraction of sp³-hybridized carbons (Fsp3) is 0.474. The molecular formula is C19H25N3O2. The minimum Gasteiger partial charge on any atom is -0.497 e. The monoisotopic (exact) mass is 327 g/mol. The van der Waals surface area contributed by atoms with Gasteiger partial charge in [-0.1, -0.05) is 12.1 Å². The third-order valence-corrected chi connectivity index (χ3v) is 4.35. The Morgan fingerprint density at radius 3 is 2.88 bits per heavy atom. The van der Waals surface area contributed by atoms with Gasteiger partial charge in [-0.2, -0.15) is 0 Å². The van der Waals surface area contributed by atoms with E-state index < -0.39 is 0 Å². The second-order valence-corrected chi connectivity index (χ2v) is 6.45. The van der Waals surface area contributed by atoms with Gasteiger partial charge in [-0.05, 0) is 49.6 Å². The average molecular weight is 327 g/mol. The van der Waals surface area contributed by atoms with E-state index in [0.717, 1.165) is 30.9 Å². The Hall–Kier alpha value is -2.14. The van der Waals surface area contributed by atoms with E-state index in [4.69, 9.17) is 9.47 Å². The first kappa shape index (κ1) is 16.7. The summed E-state index contributed by atoms with van der Waals surface area (Å²) in [6, 6.07) is 8.78. The molecular weight excluding hydrogens is 302 g/mol. The molecule has 1 atom stereocenters. The number of hydrogen-bond acceptors (Lipinski definition) is 5. The highest BCUT2D eigenvalue weighted by molar-refractivity contribution is 5.28. The summed E-state index contributed by atoms with van der Waals surface area (Å²) < 4.78 is 11.1. The highest BCUT2D eigenvalue weighted by atomic mass is 16.5. The van der Waals surface area contributed by atoms with Crippen LogP contribution in [0, 0.1) is 12.8 Å². The van der Waals surface area contributed by atoms with Crippen molar-refractivity contribution in [1.82, 2.24) is 14.9 Å². The lowest BCUT2D eigenvalue weighted by molar-refractivity contribution is 0.120. The molecule has 0 bridgehead atoms. The molecule has 0 radical (unpaired) electrons. The molecule has 5 heteroatoms. The lowest BCUT2D eigenvalue weighted by Crippen LogP contribution is -2.37.